The molecule has 0 unspecified atom stereocenters. The van der Waals surface area contributed by atoms with Crippen LogP contribution in [0.25, 0.3) is 16.8 Å². The lowest BCUT2D eigenvalue weighted by Crippen LogP contribution is -2.28. The number of nitrogens with zero attached hydrogens (tertiary/aromatic N) is 4. The van der Waals surface area contributed by atoms with Crippen LogP contribution in [0.2, 0.25) is 0 Å². The first kappa shape index (κ1) is 15.2. The van der Waals surface area contributed by atoms with Gasteiger partial charge in [-0.25, -0.2) is 4.52 Å². The molecule has 0 atom stereocenters. The van der Waals surface area contributed by atoms with Crippen molar-refractivity contribution in [3.05, 3.63) is 36.3 Å². The molecule has 7 nitrogen and oxygen atoms in total. The monoisotopic (exact) mass is 314 g/mol. The van der Waals surface area contributed by atoms with Crippen molar-refractivity contribution in [1.29, 1.82) is 0 Å². The smallest absolute Gasteiger partial charge is 0.153 e. The lowest BCUT2D eigenvalue weighted by Gasteiger charge is -2.19. The predicted molar refractivity (Wildman–Crippen MR) is 84.6 cm³/mol. The Bertz CT molecular complexity index is 858. The second kappa shape index (κ2) is 5.51. The van der Waals surface area contributed by atoms with Crippen LogP contribution in [0, 0.1) is 0 Å². The summed E-state index contributed by atoms with van der Waals surface area (Å²) in [6.07, 6.45) is 5.83. The van der Waals surface area contributed by atoms with Crippen LogP contribution >= 0.6 is 0 Å². The van der Waals surface area contributed by atoms with E-state index in [0.717, 1.165) is 11.8 Å². The van der Waals surface area contributed by atoms with Gasteiger partial charge in [0.05, 0.1) is 29.1 Å². The summed E-state index contributed by atoms with van der Waals surface area (Å²) < 4.78 is 9.11. The summed E-state index contributed by atoms with van der Waals surface area (Å²) in [6, 6.07) is 3.55. The Balaban J connectivity index is 2.17. The maximum atomic E-state index is 11.1. The van der Waals surface area contributed by atoms with Gasteiger partial charge in [0, 0.05) is 18.8 Å². The van der Waals surface area contributed by atoms with E-state index >= 15 is 0 Å². The minimum absolute atomic E-state index is 0.133. The Morgan fingerprint density at radius 1 is 1.30 bits per heavy atom. The van der Waals surface area contributed by atoms with Crippen molar-refractivity contribution in [3.8, 4) is 17.0 Å². The van der Waals surface area contributed by atoms with Crippen LogP contribution < -0.4 is 4.74 Å². The molecule has 0 aliphatic rings. The first-order chi connectivity index (χ1) is 10.9. The molecule has 3 aromatic heterocycles. The number of hydrogen-bond acceptors (Lipinski definition) is 5. The van der Waals surface area contributed by atoms with Gasteiger partial charge in [0.1, 0.15) is 18.1 Å². The lowest BCUT2D eigenvalue weighted by molar-refractivity contribution is 0.0285. The van der Waals surface area contributed by atoms with Crippen LogP contribution in [0.3, 0.4) is 0 Å². The number of aliphatic hydroxyl groups is 1. The zero-order chi connectivity index (χ0) is 16.6. The first-order valence-electron chi connectivity index (χ1n) is 7.19. The van der Waals surface area contributed by atoms with Gasteiger partial charge in [-0.2, -0.15) is 10.2 Å². The van der Waals surface area contributed by atoms with Gasteiger partial charge >= 0.3 is 0 Å². The number of carbonyl (C=O) groups is 1. The highest BCUT2D eigenvalue weighted by Gasteiger charge is 2.19. The highest BCUT2D eigenvalue weighted by Crippen LogP contribution is 2.31. The van der Waals surface area contributed by atoms with Crippen molar-refractivity contribution in [3.63, 3.8) is 0 Å². The summed E-state index contributed by atoms with van der Waals surface area (Å²) in [5.41, 5.74) is 1.73. The van der Waals surface area contributed by atoms with Crippen molar-refractivity contribution in [2.75, 3.05) is 6.61 Å². The Morgan fingerprint density at radius 2 is 2.09 bits per heavy atom. The molecule has 1 N–H and O–H groups in total. The minimum atomic E-state index is -0.959. The molecule has 0 aliphatic heterocycles. The van der Waals surface area contributed by atoms with E-state index in [1.165, 1.54) is 6.20 Å². The molecule has 0 amide bonds. The van der Waals surface area contributed by atoms with Gasteiger partial charge in [-0.05, 0) is 26.0 Å². The fraction of sp³-hybridized carbons (Fsp3) is 0.312. The van der Waals surface area contributed by atoms with Crippen molar-refractivity contribution in [2.24, 2.45) is 7.05 Å². The number of aldehydes is 1. The van der Waals surface area contributed by atoms with Crippen molar-refractivity contribution < 1.29 is 14.6 Å². The average Bonchev–Trinajstić information content (AvgIpc) is 3.09. The number of fused-ring (bicyclic) bond motifs is 1. The molecule has 3 rings (SSSR count). The highest BCUT2D eigenvalue weighted by molar-refractivity contribution is 5.87. The summed E-state index contributed by atoms with van der Waals surface area (Å²) in [7, 11) is 1.82. The van der Waals surface area contributed by atoms with E-state index in [0.29, 0.717) is 22.5 Å². The van der Waals surface area contributed by atoms with Crippen molar-refractivity contribution in [1.82, 2.24) is 19.4 Å². The van der Waals surface area contributed by atoms with Gasteiger partial charge in [-0.1, -0.05) is 0 Å². The Labute approximate surface area is 133 Å². The molecule has 0 saturated carbocycles. The van der Waals surface area contributed by atoms with Crippen LogP contribution in [-0.4, -0.2) is 43.0 Å². The molecule has 3 heterocycles. The Morgan fingerprint density at radius 3 is 2.70 bits per heavy atom. The second-order valence-electron chi connectivity index (χ2n) is 6.06. The molecule has 3 aromatic rings. The third kappa shape index (κ3) is 2.95. The van der Waals surface area contributed by atoms with Crippen molar-refractivity contribution >= 4 is 11.8 Å². The maximum absolute atomic E-state index is 11.1. The molecule has 23 heavy (non-hydrogen) atoms. The summed E-state index contributed by atoms with van der Waals surface area (Å²) >= 11 is 0. The third-order valence-electron chi connectivity index (χ3n) is 3.36. The fourth-order valence-corrected chi connectivity index (χ4v) is 2.32. The van der Waals surface area contributed by atoms with Crippen LogP contribution in [0.5, 0.6) is 5.75 Å². The van der Waals surface area contributed by atoms with Gasteiger partial charge in [-0.15, -0.1) is 0 Å². The first-order valence-corrected chi connectivity index (χ1v) is 7.19. The number of carbonyl (C=O) groups excluding carboxylic acids is 1. The van der Waals surface area contributed by atoms with Crippen LogP contribution in [0.1, 0.15) is 24.2 Å². The van der Waals surface area contributed by atoms with E-state index in [4.69, 9.17) is 4.74 Å². The summed E-state index contributed by atoms with van der Waals surface area (Å²) in [5.74, 6) is 0.563. The number of ether oxygens (including phenoxy) is 1. The zero-order valence-electron chi connectivity index (χ0n) is 13.2. The number of rotatable bonds is 5. The predicted octanol–water partition coefficient (Wildman–Crippen LogP) is 1.70. The maximum Gasteiger partial charge on any atom is 0.153 e. The minimum Gasteiger partial charge on any atom is -0.488 e. The fourth-order valence-electron chi connectivity index (χ4n) is 2.32. The molecule has 0 bridgehead atoms. The number of pyridine rings is 1. The molecule has 0 fully saturated rings. The topological polar surface area (TPSA) is 81.6 Å². The number of hydrogen-bond donors (Lipinski definition) is 1. The Hall–Kier alpha value is -2.67. The van der Waals surface area contributed by atoms with Gasteiger partial charge in [0.2, 0.25) is 0 Å². The zero-order valence-corrected chi connectivity index (χ0v) is 13.2. The van der Waals surface area contributed by atoms with Crippen LogP contribution in [-0.2, 0) is 7.05 Å². The van der Waals surface area contributed by atoms with Gasteiger partial charge in [0.25, 0.3) is 0 Å². The average molecular weight is 314 g/mol. The normalized spacial score (nSPS) is 11.8. The van der Waals surface area contributed by atoms with Crippen LogP contribution in [0.15, 0.2) is 30.7 Å². The molecular formula is C16H18N4O3. The largest absolute Gasteiger partial charge is 0.488 e. The molecule has 0 saturated heterocycles. The van der Waals surface area contributed by atoms with E-state index in [1.807, 2.05) is 13.2 Å². The molecule has 0 aromatic carbocycles. The molecule has 0 radical (unpaired) electrons. The quantitative estimate of drug-likeness (QED) is 0.725. The van der Waals surface area contributed by atoms with E-state index < -0.39 is 5.60 Å². The molecular weight excluding hydrogens is 296 g/mol. The van der Waals surface area contributed by atoms with E-state index in [1.54, 1.807) is 41.4 Å². The van der Waals surface area contributed by atoms with E-state index in [-0.39, 0.29) is 6.61 Å². The van der Waals surface area contributed by atoms with Gasteiger partial charge < -0.3 is 9.84 Å². The molecule has 120 valence electrons. The van der Waals surface area contributed by atoms with Crippen LogP contribution in [0.4, 0.5) is 0 Å². The number of aromatic nitrogens is 4. The molecule has 0 spiro atoms. The van der Waals surface area contributed by atoms with E-state index in [2.05, 4.69) is 10.2 Å². The van der Waals surface area contributed by atoms with E-state index in [9.17, 15) is 9.90 Å². The number of aryl methyl sites for hydroxylation is 1. The highest BCUT2D eigenvalue weighted by atomic mass is 16.5. The summed E-state index contributed by atoms with van der Waals surface area (Å²) in [6.45, 7) is 3.48. The molecule has 0 aliphatic carbocycles. The summed E-state index contributed by atoms with van der Waals surface area (Å²) in [4.78, 5) is 11.1. The Kier molecular flexibility index (Phi) is 3.65. The second-order valence-corrected chi connectivity index (χ2v) is 6.06. The lowest BCUT2D eigenvalue weighted by atomic mass is 10.1. The SMILES string of the molecule is Cn1cc(-c2c(OCC(C)(C)O)ccc3c(C=O)cnn23)cn1. The third-order valence-corrected chi connectivity index (χ3v) is 3.36. The standard InChI is InChI=1S/C16H18N4O3/c1-16(2,22)10-23-14-5-4-13-12(9-21)7-18-20(13)15(14)11-6-17-19(3)8-11/h4-9,22H,10H2,1-3H3. The van der Waals surface area contributed by atoms with Crippen molar-refractivity contribution in [2.45, 2.75) is 19.4 Å². The van der Waals surface area contributed by atoms with Gasteiger partial charge in [-0.3, -0.25) is 9.48 Å². The summed E-state index contributed by atoms with van der Waals surface area (Å²) in [5, 5.41) is 18.4. The van der Waals surface area contributed by atoms with Gasteiger partial charge in [0.15, 0.2) is 6.29 Å². The molecule has 7 heteroatoms.